The van der Waals surface area contributed by atoms with Gasteiger partial charge in [0.25, 0.3) is 0 Å². The number of rotatable bonds is 3. The monoisotopic (exact) mass is 245 g/mol. The van der Waals surface area contributed by atoms with Gasteiger partial charge in [-0.25, -0.2) is 0 Å². The van der Waals surface area contributed by atoms with Crippen molar-refractivity contribution in [3.63, 3.8) is 0 Å². The Labute approximate surface area is 99.2 Å². The molecule has 0 amide bonds. The van der Waals surface area contributed by atoms with Crippen LogP contribution in [0.15, 0.2) is 18.2 Å². The van der Waals surface area contributed by atoms with Gasteiger partial charge < -0.3 is 10.4 Å². The molecule has 0 spiro atoms. The zero-order chi connectivity index (χ0) is 10.8. The molecule has 2 rings (SSSR count). The second-order valence-corrected chi connectivity index (χ2v) is 4.77. The molecule has 1 saturated carbocycles. The second-order valence-electron chi connectivity index (χ2n) is 3.95. The van der Waals surface area contributed by atoms with Gasteiger partial charge in [0.1, 0.15) is 0 Å². The quantitative estimate of drug-likeness (QED) is 0.859. The van der Waals surface area contributed by atoms with Crippen molar-refractivity contribution < 1.29 is 5.11 Å². The summed E-state index contributed by atoms with van der Waals surface area (Å²) in [4.78, 5) is 0. The van der Waals surface area contributed by atoms with Crippen LogP contribution in [0.4, 0.5) is 0 Å². The lowest BCUT2D eigenvalue weighted by atomic mass is 9.89. The van der Waals surface area contributed by atoms with Crippen molar-refractivity contribution in [1.82, 2.24) is 5.32 Å². The second kappa shape index (κ2) is 4.71. The number of halogens is 2. The van der Waals surface area contributed by atoms with E-state index in [1.807, 2.05) is 12.1 Å². The predicted octanol–water partition coefficient (Wildman–Crippen LogP) is 2.61. The molecule has 0 bridgehead atoms. The van der Waals surface area contributed by atoms with E-state index in [1.165, 1.54) is 0 Å². The van der Waals surface area contributed by atoms with Gasteiger partial charge in [-0.05, 0) is 30.5 Å². The van der Waals surface area contributed by atoms with Gasteiger partial charge in [0.05, 0.1) is 16.1 Å². The van der Waals surface area contributed by atoms with Gasteiger partial charge in [0, 0.05) is 12.6 Å². The average molecular weight is 246 g/mol. The number of hydrogen-bond acceptors (Lipinski definition) is 2. The number of nitrogens with one attached hydrogen (secondary N) is 1. The minimum Gasteiger partial charge on any atom is -0.393 e. The summed E-state index contributed by atoms with van der Waals surface area (Å²) in [7, 11) is 0. The number of benzene rings is 1. The minimum atomic E-state index is -0.115. The summed E-state index contributed by atoms with van der Waals surface area (Å²) in [5.41, 5.74) is 1.12. The topological polar surface area (TPSA) is 32.3 Å². The van der Waals surface area contributed by atoms with Gasteiger partial charge >= 0.3 is 0 Å². The van der Waals surface area contributed by atoms with Crippen LogP contribution < -0.4 is 5.32 Å². The molecule has 1 fully saturated rings. The maximum atomic E-state index is 9.12. The molecular formula is C11H13Cl2NO. The molecule has 4 heteroatoms. The molecule has 0 atom stereocenters. The van der Waals surface area contributed by atoms with Gasteiger partial charge in [0.15, 0.2) is 0 Å². The van der Waals surface area contributed by atoms with Crippen molar-refractivity contribution in [3.05, 3.63) is 33.8 Å². The van der Waals surface area contributed by atoms with Gasteiger partial charge in [0.2, 0.25) is 0 Å². The van der Waals surface area contributed by atoms with E-state index in [0.29, 0.717) is 16.1 Å². The Bertz CT molecular complexity index is 350. The first-order chi connectivity index (χ1) is 7.15. The molecule has 2 nitrogen and oxygen atoms in total. The predicted molar refractivity (Wildman–Crippen MR) is 62.3 cm³/mol. The molecular weight excluding hydrogens is 233 g/mol. The van der Waals surface area contributed by atoms with E-state index >= 15 is 0 Å². The summed E-state index contributed by atoms with van der Waals surface area (Å²) < 4.78 is 0. The van der Waals surface area contributed by atoms with E-state index < -0.39 is 0 Å². The van der Waals surface area contributed by atoms with Crippen molar-refractivity contribution >= 4 is 23.2 Å². The minimum absolute atomic E-state index is 0.115. The molecule has 0 radical (unpaired) electrons. The molecule has 0 aliphatic heterocycles. The largest absolute Gasteiger partial charge is 0.393 e. The molecule has 82 valence electrons. The maximum Gasteiger partial charge on any atom is 0.0595 e. The Morgan fingerprint density at radius 2 is 2.00 bits per heavy atom. The highest BCUT2D eigenvalue weighted by Crippen LogP contribution is 2.23. The van der Waals surface area contributed by atoms with Crippen LogP contribution in [0.5, 0.6) is 0 Å². The van der Waals surface area contributed by atoms with Crippen molar-refractivity contribution in [2.24, 2.45) is 0 Å². The van der Waals surface area contributed by atoms with Crippen LogP contribution in [0.3, 0.4) is 0 Å². The lowest BCUT2D eigenvalue weighted by Crippen LogP contribution is -2.43. The van der Waals surface area contributed by atoms with Crippen molar-refractivity contribution in [1.29, 1.82) is 0 Å². The van der Waals surface area contributed by atoms with Crippen LogP contribution in [0.1, 0.15) is 18.4 Å². The van der Waals surface area contributed by atoms with Crippen molar-refractivity contribution in [3.8, 4) is 0 Å². The van der Waals surface area contributed by atoms with E-state index in [1.54, 1.807) is 6.07 Å². The van der Waals surface area contributed by atoms with Crippen molar-refractivity contribution in [2.75, 3.05) is 0 Å². The normalized spacial score (nSPS) is 25.0. The summed E-state index contributed by atoms with van der Waals surface area (Å²) in [5.74, 6) is 0. The third-order valence-corrected chi connectivity index (χ3v) is 3.43. The molecule has 0 saturated heterocycles. The summed E-state index contributed by atoms with van der Waals surface area (Å²) >= 11 is 11.7. The fraction of sp³-hybridized carbons (Fsp3) is 0.455. The number of hydrogen-bond donors (Lipinski definition) is 2. The van der Waals surface area contributed by atoms with Gasteiger partial charge in [-0.15, -0.1) is 0 Å². The lowest BCUT2D eigenvalue weighted by Gasteiger charge is -2.32. The summed E-state index contributed by atoms with van der Waals surface area (Å²) in [6.45, 7) is 0.772. The summed E-state index contributed by atoms with van der Waals surface area (Å²) in [5, 5.41) is 13.6. The highest BCUT2D eigenvalue weighted by atomic mass is 35.5. The van der Waals surface area contributed by atoms with E-state index in [4.69, 9.17) is 28.3 Å². The zero-order valence-corrected chi connectivity index (χ0v) is 9.72. The first-order valence-corrected chi connectivity index (χ1v) is 5.76. The number of aliphatic hydroxyl groups is 1. The Morgan fingerprint density at radius 1 is 1.27 bits per heavy atom. The Balaban J connectivity index is 1.86. The molecule has 15 heavy (non-hydrogen) atoms. The molecule has 1 aliphatic rings. The average Bonchev–Trinajstić information content (AvgIpc) is 2.16. The van der Waals surface area contributed by atoms with E-state index in [-0.39, 0.29) is 6.10 Å². The third-order valence-electron chi connectivity index (χ3n) is 2.69. The molecule has 2 N–H and O–H groups in total. The third kappa shape index (κ3) is 2.85. The van der Waals surface area contributed by atoms with Crippen LogP contribution in [-0.2, 0) is 6.54 Å². The Kier molecular flexibility index (Phi) is 3.52. The van der Waals surface area contributed by atoms with E-state index in [0.717, 1.165) is 24.9 Å². The fourth-order valence-corrected chi connectivity index (χ4v) is 1.99. The summed E-state index contributed by atoms with van der Waals surface area (Å²) in [6.07, 6.45) is 1.58. The summed E-state index contributed by atoms with van der Waals surface area (Å²) in [6, 6.07) is 6.06. The van der Waals surface area contributed by atoms with Crippen LogP contribution in [0.25, 0.3) is 0 Å². The molecule has 0 aromatic heterocycles. The van der Waals surface area contributed by atoms with Crippen LogP contribution in [-0.4, -0.2) is 17.3 Å². The molecule has 1 aromatic carbocycles. The molecule has 0 heterocycles. The van der Waals surface area contributed by atoms with Crippen LogP contribution in [0, 0.1) is 0 Å². The lowest BCUT2D eigenvalue weighted by molar-refractivity contribution is 0.0619. The fourth-order valence-electron chi connectivity index (χ4n) is 1.67. The van der Waals surface area contributed by atoms with E-state index in [2.05, 4.69) is 5.32 Å². The Hall–Kier alpha value is -0.280. The number of aliphatic hydroxyl groups excluding tert-OH is 1. The van der Waals surface area contributed by atoms with Gasteiger partial charge in [-0.1, -0.05) is 29.3 Å². The van der Waals surface area contributed by atoms with E-state index in [9.17, 15) is 0 Å². The maximum absolute atomic E-state index is 9.12. The SMILES string of the molecule is OC1CC(NCc2ccc(Cl)c(Cl)c2)C1. The first kappa shape index (κ1) is 11.2. The first-order valence-electron chi connectivity index (χ1n) is 5.00. The van der Waals surface area contributed by atoms with Gasteiger partial charge in [-0.2, -0.15) is 0 Å². The standard InChI is InChI=1S/C11H13Cl2NO/c12-10-2-1-7(3-11(10)13)6-14-8-4-9(15)5-8/h1-3,8-9,14-15H,4-6H2. The zero-order valence-electron chi connectivity index (χ0n) is 8.21. The highest BCUT2D eigenvalue weighted by Gasteiger charge is 2.26. The van der Waals surface area contributed by atoms with Crippen LogP contribution >= 0.6 is 23.2 Å². The molecule has 1 aromatic rings. The smallest absolute Gasteiger partial charge is 0.0595 e. The van der Waals surface area contributed by atoms with Crippen LogP contribution in [0.2, 0.25) is 10.0 Å². The molecule has 1 aliphatic carbocycles. The van der Waals surface area contributed by atoms with Gasteiger partial charge in [-0.3, -0.25) is 0 Å². The Morgan fingerprint density at radius 3 is 2.60 bits per heavy atom. The highest BCUT2D eigenvalue weighted by molar-refractivity contribution is 6.42. The van der Waals surface area contributed by atoms with Crippen molar-refractivity contribution in [2.45, 2.75) is 31.5 Å². The molecule has 0 unspecified atom stereocenters.